The van der Waals surface area contributed by atoms with Gasteiger partial charge in [-0.15, -0.1) is 0 Å². The third kappa shape index (κ3) is 3.15. The normalized spacial score (nSPS) is 12.9. The van der Waals surface area contributed by atoms with Crippen molar-refractivity contribution in [1.29, 1.82) is 0 Å². The molecule has 2 heterocycles. The smallest absolute Gasteiger partial charge is 0.231 e. The highest BCUT2D eigenvalue weighted by atomic mass is 35.5. The fourth-order valence-electron chi connectivity index (χ4n) is 3.28. The Bertz CT molecular complexity index is 924. The van der Waals surface area contributed by atoms with Gasteiger partial charge in [0, 0.05) is 29.6 Å². The van der Waals surface area contributed by atoms with E-state index in [-0.39, 0.29) is 5.91 Å². The molecule has 1 aliphatic heterocycles. The number of anilines is 1. The van der Waals surface area contributed by atoms with E-state index >= 15 is 0 Å². The third-order valence-corrected chi connectivity index (χ3v) is 4.96. The molecule has 25 heavy (non-hydrogen) atoms. The molecule has 4 heteroatoms. The third-order valence-electron chi connectivity index (χ3n) is 4.59. The lowest BCUT2D eigenvalue weighted by Crippen LogP contribution is -2.30. The van der Waals surface area contributed by atoms with Crippen LogP contribution >= 0.6 is 11.6 Å². The molecule has 0 saturated heterocycles. The monoisotopic (exact) mass is 348 g/mol. The molecular weight excluding hydrogens is 332 g/mol. The minimum Gasteiger partial charge on any atom is -0.312 e. The van der Waals surface area contributed by atoms with Gasteiger partial charge in [0.2, 0.25) is 5.91 Å². The predicted octanol–water partition coefficient (Wildman–Crippen LogP) is 4.53. The second-order valence-corrected chi connectivity index (χ2v) is 6.55. The highest BCUT2D eigenvalue weighted by molar-refractivity contribution is 6.31. The first kappa shape index (κ1) is 15.9. The molecular formula is C21H17ClN2O. The molecule has 0 fully saturated rings. The average Bonchev–Trinajstić information content (AvgIpc) is 3.07. The molecule has 0 aliphatic carbocycles. The lowest BCUT2D eigenvalue weighted by atomic mass is 10.0. The van der Waals surface area contributed by atoms with Crippen molar-refractivity contribution < 1.29 is 4.79 Å². The van der Waals surface area contributed by atoms with Crippen molar-refractivity contribution in [3.05, 3.63) is 83.1 Å². The molecule has 0 atom stereocenters. The molecule has 0 spiro atoms. The molecule has 4 rings (SSSR count). The summed E-state index contributed by atoms with van der Waals surface area (Å²) < 4.78 is 0. The molecule has 0 radical (unpaired) electrons. The van der Waals surface area contributed by atoms with E-state index in [0.29, 0.717) is 11.4 Å². The summed E-state index contributed by atoms with van der Waals surface area (Å²) in [5.74, 6) is 0.0866. The number of rotatable bonds is 3. The fourth-order valence-corrected chi connectivity index (χ4v) is 3.49. The van der Waals surface area contributed by atoms with E-state index in [1.165, 1.54) is 5.56 Å². The standard InChI is InChI=1S/C21H17ClN2O/c22-19-4-2-1-3-17(19)14-21(25)24-12-9-18-13-16(5-6-20(18)24)15-7-10-23-11-8-15/h1-8,10-11,13H,9,12,14H2. The van der Waals surface area contributed by atoms with Crippen molar-refractivity contribution in [2.45, 2.75) is 12.8 Å². The van der Waals surface area contributed by atoms with Crippen molar-refractivity contribution in [2.75, 3.05) is 11.4 Å². The van der Waals surface area contributed by atoms with Gasteiger partial charge < -0.3 is 4.90 Å². The summed E-state index contributed by atoms with van der Waals surface area (Å²) in [5.41, 5.74) is 5.38. The zero-order chi connectivity index (χ0) is 17.2. The molecule has 124 valence electrons. The first-order chi connectivity index (χ1) is 12.2. The van der Waals surface area contributed by atoms with Crippen LogP contribution in [0.1, 0.15) is 11.1 Å². The molecule has 1 amide bonds. The SMILES string of the molecule is O=C(Cc1ccccc1Cl)N1CCc2cc(-c3ccncc3)ccc21. The lowest BCUT2D eigenvalue weighted by Gasteiger charge is -2.18. The second-order valence-electron chi connectivity index (χ2n) is 6.14. The van der Waals surface area contributed by atoms with Crippen LogP contribution in [0.4, 0.5) is 5.69 Å². The maximum Gasteiger partial charge on any atom is 0.231 e. The Morgan fingerprint density at radius 3 is 2.64 bits per heavy atom. The number of pyridine rings is 1. The van der Waals surface area contributed by atoms with Crippen molar-refractivity contribution in [3.8, 4) is 11.1 Å². The highest BCUT2D eigenvalue weighted by Gasteiger charge is 2.25. The summed E-state index contributed by atoms with van der Waals surface area (Å²) in [6, 6.07) is 17.8. The van der Waals surface area contributed by atoms with Gasteiger partial charge in [0.15, 0.2) is 0 Å². The number of carbonyl (C=O) groups is 1. The maximum absolute atomic E-state index is 12.7. The number of hydrogen-bond acceptors (Lipinski definition) is 2. The predicted molar refractivity (Wildman–Crippen MR) is 101 cm³/mol. The molecule has 1 aliphatic rings. The van der Waals surface area contributed by atoms with E-state index in [1.807, 2.05) is 47.4 Å². The molecule has 1 aromatic heterocycles. The van der Waals surface area contributed by atoms with Crippen LogP contribution in [0.15, 0.2) is 67.0 Å². The Morgan fingerprint density at radius 2 is 1.84 bits per heavy atom. The fraction of sp³-hybridized carbons (Fsp3) is 0.143. The zero-order valence-corrected chi connectivity index (χ0v) is 14.4. The number of hydrogen-bond donors (Lipinski definition) is 0. The Hall–Kier alpha value is -2.65. The van der Waals surface area contributed by atoms with Crippen LogP contribution in [0.2, 0.25) is 5.02 Å². The van der Waals surface area contributed by atoms with Crippen LogP contribution in [-0.4, -0.2) is 17.4 Å². The number of halogens is 1. The number of carbonyl (C=O) groups excluding carboxylic acids is 1. The van der Waals surface area contributed by atoms with Gasteiger partial charge in [-0.05, 0) is 59.0 Å². The van der Waals surface area contributed by atoms with Crippen molar-refractivity contribution in [3.63, 3.8) is 0 Å². The Balaban J connectivity index is 1.58. The van der Waals surface area contributed by atoms with Crippen LogP contribution < -0.4 is 4.90 Å². The van der Waals surface area contributed by atoms with E-state index < -0.39 is 0 Å². The van der Waals surface area contributed by atoms with Crippen LogP contribution in [0.5, 0.6) is 0 Å². The molecule has 0 bridgehead atoms. The summed E-state index contributed by atoms with van der Waals surface area (Å²) in [5, 5.41) is 0.642. The van der Waals surface area contributed by atoms with E-state index in [4.69, 9.17) is 11.6 Å². The van der Waals surface area contributed by atoms with Crippen LogP contribution in [0.25, 0.3) is 11.1 Å². The van der Waals surface area contributed by atoms with Gasteiger partial charge in [0.05, 0.1) is 6.42 Å². The van der Waals surface area contributed by atoms with Crippen molar-refractivity contribution in [1.82, 2.24) is 4.98 Å². The average molecular weight is 349 g/mol. The van der Waals surface area contributed by atoms with Gasteiger partial charge in [0.1, 0.15) is 0 Å². The first-order valence-corrected chi connectivity index (χ1v) is 8.67. The van der Waals surface area contributed by atoms with E-state index in [0.717, 1.165) is 35.3 Å². The second kappa shape index (κ2) is 6.69. The minimum absolute atomic E-state index is 0.0866. The van der Waals surface area contributed by atoms with E-state index in [2.05, 4.69) is 17.1 Å². The molecule has 3 aromatic rings. The van der Waals surface area contributed by atoms with Gasteiger partial charge in [0.25, 0.3) is 0 Å². The highest BCUT2D eigenvalue weighted by Crippen LogP contribution is 2.33. The molecule has 0 N–H and O–H groups in total. The van der Waals surface area contributed by atoms with Crippen LogP contribution in [-0.2, 0) is 17.6 Å². The lowest BCUT2D eigenvalue weighted by molar-refractivity contribution is -0.117. The van der Waals surface area contributed by atoms with Gasteiger partial charge in [-0.25, -0.2) is 0 Å². The topological polar surface area (TPSA) is 33.2 Å². The Labute approximate surface area is 151 Å². The molecule has 0 unspecified atom stereocenters. The van der Waals surface area contributed by atoms with Gasteiger partial charge >= 0.3 is 0 Å². The summed E-state index contributed by atoms with van der Waals surface area (Å²) in [6.45, 7) is 0.721. The summed E-state index contributed by atoms with van der Waals surface area (Å²) in [4.78, 5) is 18.7. The van der Waals surface area contributed by atoms with Gasteiger partial charge in [-0.2, -0.15) is 0 Å². The zero-order valence-electron chi connectivity index (χ0n) is 13.7. The van der Waals surface area contributed by atoms with Crippen molar-refractivity contribution >= 4 is 23.2 Å². The van der Waals surface area contributed by atoms with Gasteiger partial charge in [-0.1, -0.05) is 35.9 Å². The van der Waals surface area contributed by atoms with Crippen LogP contribution in [0, 0.1) is 0 Å². The van der Waals surface area contributed by atoms with Gasteiger partial charge in [-0.3, -0.25) is 9.78 Å². The maximum atomic E-state index is 12.7. The summed E-state index contributed by atoms with van der Waals surface area (Å²) in [7, 11) is 0. The largest absolute Gasteiger partial charge is 0.312 e. The number of benzene rings is 2. The number of nitrogens with zero attached hydrogens (tertiary/aromatic N) is 2. The van der Waals surface area contributed by atoms with Crippen molar-refractivity contribution in [2.24, 2.45) is 0 Å². The Morgan fingerprint density at radius 1 is 1.04 bits per heavy atom. The van der Waals surface area contributed by atoms with Crippen LogP contribution in [0.3, 0.4) is 0 Å². The minimum atomic E-state index is 0.0866. The number of fused-ring (bicyclic) bond motifs is 1. The quantitative estimate of drug-likeness (QED) is 0.696. The number of amides is 1. The number of aromatic nitrogens is 1. The molecule has 0 saturated carbocycles. The molecule has 3 nitrogen and oxygen atoms in total. The summed E-state index contributed by atoms with van der Waals surface area (Å²) >= 11 is 6.19. The first-order valence-electron chi connectivity index (χ1n) is 8.29. The Kier molecular flexibility index (Phi) is 4.24. The van der Waals surface area contributed by atoms with E-state index in [9.17, 15) is 4.79 Å². The van der Waals surface area contributed by atoms with E-state index in [1.54, 1.807) is 12.4 Å². The summed E-state index contributed by atoms with van der Waals surface area (Å²) in [6.07, 6.45) is 4.79. The molecule has 2 aromatic carbocycles.